The van der Waals surface area contributed by atoms with Gasteiger partial charge in [0.25, 0.3) is 0 Å². The zero-order valence-electron chi connectivity index (χ0n) is 17.9. The summed E-state index contributed by atoms with van der Waals surface area (Å²) in [6.45, 7) is 5.15. The Kier molecular flexibility index (Phi) is 8.19. The van der Waals surface area contributed by atoms with E-state index in [1.54, 1.807) is 6.20 Å². The van der Waals surface area contributed by atoms with Crippen LogP contribution in [0.25, 0.3) is 11.3 Å². The zero-order chi connectivity index (χ0) is 22.0. The van der Waals surface area contributed by atoms with Gasteiger partial charge in [0.1, 0.15) is 6.54 Å². The Morgan fingerprint density at radius 2 is 1.81 bits per heavy atom. The van der Waals surface area contributed by atoms with Crippen molar-refractivity contribution in [3.8, 4) is 11.3 Å². The number of rotatable bonds is 10. The topological polar surface area (TPSA) is 79.7 Å². The quantitative estimate of drug-likeness (QED) is 0.266. The number of aromatic nitrogens is 2. The van der Waals surface area contributed by atoms with E-state index in [-0.39, 0.29) is 6.54 Å². The molecule has 8 heteroatoms. The fourth-order valence-electron chi connectivity index (χ4n) is 3.50. The average Bonchev–Trinajstić information content (AvgIpc) is 2.84. The van der Waals surface area contributed by atoms with Gasteiger partial charge in [0.05, 0.1) is 18.9 Å². The largest absolute Gasteiger partial charge is 0.379 e. The Labute approximate surface area is 192 Å². The number of nitroso groups, excluding NO2 is 1. The van der Waals surface area contributed by atoms with E-state index >= 15 is 0 Å². The SMILES string of the molecule is O=NCc1ccc(Nc2nccc(-c3ccc(SCCCN4CCOCC4)cc3)n2)cc1. The molecule has 0 unspecified atom stereocenters. The van der Waals surface area contributed by atoms with Crippen LogP contribution in [0.3, 0.4) is 0 Å². The van der Waals surface area contributed by atoms with E-state index in [4.69, 9.17) is 4.74 Å². The van der Waals surface area contributed by atoms with E-state index in [9.17, 15) is 4.91 Å². The first kappa shape index (κ1) is 22.4. The van der Waals surface area contributed by atoms with Gasteiger partial charge >= 0.3 is 0 Å². The van der Waals surface area contributed by atoms with Crippen LogP contribution in [-0.2, 0) is 11.3 Å². The second-order valence-electron chi connectivity index (χ2n) is 7.56. The molecular formula is C24H27N5O2S. The standard InChI is InChI=1S/C24H27N5O2S/c30-26-18-19-2-6-21(7-3-19)27-24-25-11-10-23(28-24)20-4-8-22(9-5-20)32-17-1-12-29-13-15-31-16-14-29/h2-11H,1,12-18H2,(H,25,27,28). The predicted octanol–water partition coefficient (Wildman–Crippen LogP) is 4.97. The molecule has 2 aromatic carbocycles. The van der Waals surface area contributed by atoms with E-state index < -0.39 is 0 Å². The second-order valence-corrected chi connectivity index (χ2v) is 8.72. The lowest BCUT2D eigenvalue weighted by Crippen LogP contribution is -2.36. The predicted molar refractivity (Wildman–Crippen MR) is 129 cm³/mol. The highest BCUT2D eigenvalue weighted by Gasteiger charge is 2.09. The first-order valence-corrected chi connectivity index (χ1v) is 11.8. The minimum atomic E-state index is 0.175. The molecule has 1 aromatic heterocycles. The van der Waals surface area contributed by atoms with E-state index in [0.29, 0.717) is 5.95 Å². The van der Waals surface area contributed by atoms with Gasteiger partial charge in [-0.05, 0) is 54.6 Å². The van der Waals surface area contributed by atoms with E-state index in [0.717, 1.165) is 61.1 Å². The molecule has 7 nitrogen and oxygen atoms in total. The van der Waals surface area contributed by atoms with Gasteiger partial charge in [-0.25, -0.2) is 9.97 Å². The Balaban J connectivity index is 1.30. The van der Waals surface area contributed by atoms with Gasteiger partial charge in [-0.1, -0.05) is 29.4 Å². The summed E-state index contributed by atoms with van der Waals surface area (Å²) in [7, 11) is 0. The first-order valence-electron chi connectivity index (χ1n) is 10.8. The summed E-state index contributed by atoms with van der Waals surface area (Å²) in [6, 6.07) is 18.0. The lowest BCUT2D eigenvalue weighted by atomic mass is 10.1. The molecule has 0 spiro atoms. The van der Waals surface area contributed by atoms with Gasteiger partial charge < -0.3 is 10.1 Å². The van der Waals surface area contributed by atoms with Gasteiger partial charge in [0.2, 0.25) is 5.95 Å². The molecule has 3 aromatic rings. The lowest BCUT2D eigenvalue weighted by molar-refractivity contribution is 0.0381. The average molecular weight is 450 g/mol. The van der Waals surface area contributed by atoms with E-state index in [2.05, 4.69) is 49.6 Å². The Hall–Kier alpha value is -2.81. The molecule has 0 amide bonds. The summed E-state index contributed by atoms with van der Waals surface area (Å²) >= 11 is 1.89. The van der Waals surface area contributed by atoms with E-state index in [1.165, 1.54) is 11.3 Å². The summed E-state index contributed by atoms with van der Waals surface area (Å²) in [5.41, 5.74) is 3.66. The number of benzene rings is 2. The van der Waals surface area contributed by atoms with Crippen molar-refractivity contribution >= 4 is 23.4 Å². The number of morpholine rings is 1. The number of anilines is 2. The number of ether oxygens (including phenoxy) is 1. The number of hydrogen-bond donors (Lipinski definition) is 1. The molecule has 0 atom stereocenters. The molecule has 166 valence electrons. The Morgan fingerprint density at radius 3 is 2.56 bits per heavy atom. The third kappa shape index (κ3) is 6.59. The molecule has 1 aliphatic heterocycles. The molecule has 0 aliphatic carbocycles. The summed E-state index contributed by atoms with van der Waals surface area (Å²) in [5, 5.41) is 6.12. The molecule has 32 heavy (non-hydrogen) atoms. The number of nitrogens with zero attached hydrogens (tertiary/aromatic N) is 4. The smallest absolute Gasteiger partial charge is 0.227 e. The highest BCUT2D eigenvalue weighted by Crippen LogP contribution is 2.25. The molecule has 4 rings (SSSR count). The highest BCUT2D eigenvalue weighted by molar-refractivity contribution is 7.99. The Bertz CT molecular complexity index is 992. The normalized spacial score (nSPS) is 14.2. The summed E-state index contributed by atoms with van der Waals surface area (Å²) < 4.78 is 5.40. The molecule has 0 radical (unpaired) electrons. The van der Waals surface area contributed by atoms with E-state index in [1.807, 2.05) is 42.1 Å². The minimum Gasteiger partial charge on any atom is -0.379 e. The first-order chi connectivity index (χ1) is 15.8. The maximum absolute atomic E-state index is 10.4. The van der Waals surface area contributed by atoms with Gasteiger partial charge in [-0.3, -0.25) is 4.90 Å². The molecule has 1 N–H and O–H groups in total. The maximum atomic E-state index is 10.4. The van der Waals surface area contributed by atoms with Crippen molar-refractivity contribution in [1.29, 1.82) is 0 Å². The molecular weight excluding hydrogens is 422 g/mol. The third-order valence-corrected chi connectivity index (χ3v) is 6.35. The van der Waals surface area contributed by atoms with Crippen LogP contribution in [0.15, 0.2) is 70.9 Å². The van der Waals surface area contributed by atoms with Crippen molar-refractivity contribution in [1.82, 2.24) is 14.9 Å². The number of thioether (sulfide) groups is 1. The van der Waals surface area contributed by atoms with Crippen molar-refractivity contribution in [2.75, 3.05) is 43.9 Å². The van der Waals surface area contributed by atoms with Gasteiger partial charge in [0.15, 0.2) is 0 Å². The van der Waals surface area contributed by atoms with Crippen LogP contribution in [0.2, 0.25) is 0 Å². The summed E-state index contributed by atoms with van der Waals surface area (Å²) in [5.74, 6) is 1.64. The molecule has 0 saturated carbocycles. The number of nitrogens with one attached hydrogen (secondary N) is 1. The summed E-state index contributed by atoms with van der Waals surface area (Å²) in [6.07, 6.45) is 2.93. The van der Waals surface area contributed by atoms with Crippen LogP contribution in [0.5, 0.6) is 0 Å². The monoisotopic (exact) mass is 449 g/mol. The molecule has 1 fully saturated rings. The minimum absolute atomic E-state index is 0.175. The van der Waals surface area contributed by atoms with Crippen molar-refractivity contribution < 1.29 is 4.74 Å². The second kappa shape index (κ2) is 11.7. The van der Waals surface area contributed by atoms with Crippen LogP contribution in [0, 0.1) is 4.91 Å². The van der Waals surface area contributed by atoms with Crippen LogP contribution >= 0.6 is 11.8 Å². The lowest BCUT2D eigenvalue weighted by Gasteiger charge is -2.26. The highest BCUT2D eigenvalue weighted by atomic mass is 32.2. The fourth-order valence-corrected chi connectivity index (χ4v) is 4.34. The molecule has 1 aliphatic rings. The molecule has 2 heterocycles. The van der Waals surface area contributed by atoms with Crippen molar-refractivity contribution in [2.45, 2.75) is 17.9 Å². The van der Waals surface area contributed by atoms with Gasteiger partial charge in [-0.15, -0.1) is 11.8 Å². The van der Waals surface area contributed by atoms with Crippen molar-refractivity contribution in [3.05, 3.63) is 71.3 Å². The van der Waals surface area contributed by atoms with Gasteiger partial charge in [-0.2, -0.15) is 4.91 Å². The van der Waals surface area contributed by atoms with Crippen LogP contribution in [-0.4, -0.2) is 53.5 Å². The van der Waals surface area contributed by atoms with Crippen molar-refractivity contribution in [3.63, 3.8) is 0 Å². The van der Waals surface area contributed by atoms with Crippen LogP contribution in [0.4, 0.5) is 11.6 Å². The van der Waals surface area contributed by atoms with Gasteiger partial charge in [0, 0.05) is 35.4 Å². The third-order valence-electron chi connectivity index (χ3n) is 5.25. The molecule has 1 saturated heterocycles. The van der Waals surface area contributed by atoms with Crippen LogP contribution in [0.1, 0.15) is 12.0 Å². The molecule has 0 bridgehead atoms. The Morgan fingerprint density at radius 1 is 1.03 bits per heavy atom. The summed E-state index contributed by atoms with van der Waals surface area (Å²) in [4.78, 5) is 23.1. The van der Waals surface area contributed by atoms with Crippen LogP contribution < -0.4 is 5.32 Å². The van der Waals surface area contributed by atoms with Crippen molar-refractivity contribution in [2.24, 2.45) is 5.18 Å². The number of hydrogen-bond acceptors (Lipinski definition) is 8. The fraction of sp³-hybridized carbons (Fsp3) is 0.333. The zero-order valence-corrected chi connectivity index (χ0v) is 18.8. The maximum Gasteiger partial charge on any atom is 0.227 e.